The number of halogens is 1. The van der Waals surface area contributed by atoms with Crippen LogP contribution in [0.5, 0.6) is 0 Å². The molecule has 0 aromatic heterocycles. The van der Waals surface area contributed by atoms with E-state index in [-0.39, 0.29) is 11.4 Å². The Balaban J connectivity index is 1.61. The van der Waals surface area contributed by atoms with E-state index in [1.54, 1.807) is 12.1 Å². The second-order valence-corrected chi connectivity index (χ2v) is 6.73. The highest BCUT2D eigenvalue weighted by Crippen LogP contribution is 2.32. The van der Waals surface area contributed by atoms with E-state index in [1.807, 2.05) is 6.07 Å². The first-order valence-electron chi connectivity index (χ1n) is 7.91. The van der Waals surface area contributed by atoms with Gasteiger partial charge in [-0.05, 0) is 49.9 Å². The van der Waals surface area contributed by atoms with Crippen molar-refractivity contribution in [3.05, 3.63) is 35.1 Å². The summed E-state index contributed by atoms with van der Waals surface area (Å²) in [6, 6.07) is 5.56. The molecular weight excluding hydrogens is 267 g/mol. The minimum Gasteiger partial charge on any atom is -0.379 e. The Labute approximate surface area is 126 Å². The van der Waals surface area contributed by atoms with Crippen LogP contribution in [0.15, 0.2) is 18.2 Å². The zero-order valence-electron chi connectivity index (χ0n) is 13.0. The molecule has 1 fully saturated rings. The molecule has 1 heterocycles. The number of aryl methyl sites for hydroxylation is 1. The molecule has 0 bridgehead atoms. The molecule has 0 radical (unpaired) electrons. The van der Waals surface area contributed by atoms with Crippen molar-refractivity contribution in [3.8, 4) is 0 Å². The fraction of sp³-hybridized carbons (Fsp3) is 0.647. The van der Waals surface area contributed by atoms with Crippen molar-refractivity contribution in [2.24, 2.45) is 0 Å². The zero-order valence-corrected chi connectivity index (χ0v) is 13.0. The van der Waals surface area contributed by atoms with Gasteiger partial charge in [0.15, 0.2) is 0 Å². The van der Waals surface area contributed by atoms with Gasteiger partial charge in [-0.15, -0.1) is 0 Å². The number of nitrogens with one attached hydrogen (secondary N) is 1. The summed E-state index contributed by atoms with van der Waals surface area (Å²) in [6.45, 7) is 9.17. The fourth-order valence-electron chi connectivity index (χ4n) is 3.45. The van der Waals surface area contributed by atoms with Crippen LogP contribution < -0.4 is 5.32 Å². The molecule has 3 rings (SSSR count). The van der Waals surface area contributed by atoms with E-state index in [1.165, 1.54) is 5.56 Å². The smallest absolute Gasteiger partial charge is 0.123 e. The van der Waals surface area contributed by atoms with Crippen LogP contribution in [-0.4, -0.2) is 43.3 Å². The number of rotatable bonds is 4. The van der Waals surface area contributed by atoms with Crippen LogP contribution in [0.25, 0.3) is 0 Å². The van der Waals surface area contributed by atoms with Gasteiger partial charge >= 0.3 is 0 Å². The highest BCUT2D eigenvalue weighted by atomic mass is 19.1. The average molecular weight is 292 g/mol. The molecule has 1 saturated heterocycles. The average Bonchev–Trinajstić information content (AvgIpc) is 2.88. The third-order valence-electron chi connectivity index (χ3n) is 4.83. The number of hydrogen-bond donors (Lipinski definition) is 1. The Morgan fingerprint density at radius 2 is 2.10 bits per heavy atom. The maximum atomic E-state index is 13.3. The van der Waals surface area contributed by atoms with Crippen molar-refractivity contribution in [1.82, 2.24) is 10.2 Å². The number of fused-ring (bicyclic) bond motifs is 1. The van der Waals surface area contributed by atoms with Crippen LogP contribution in [0.1, 0.15) is 37.4 Å². The molecule has 1 aliphatic carbocycles. The highest BCUT2D eigenvalue weighted by molar-refractivity contribution is 5.35. The van der Waals surface area contributed by atoms with E-state index < -0.39 is 0 Å². The van der Waals surface area contributed by atoms with Crippen molar-refractivity contribution in [2.45, 2.75) is 38.3 Å². The van der Waals surface area contributed by atoms with Crippen LogP contribution in [0, 0.1) is 5.82 Å². The molecule has 1 N–H and O–H groups in total. The third kappa shape index (κ3) is 3.28. The Kier molecular flexibility index (Phi) is 4.29. The zero-order chi connectivity index (χ0) is 14.9. The van der Waals surface area contributed by atoms with Crippen LogP contribution in [-0.2, 0) is 11.2 Å². The predicted octanol–water partition coefficient (Wildman–Crippen LogP) is 2.51. The highest BCUT2D eigenvalue weighted by Gasteiger charge is 2.30. The maximum Gasteiger partial charge on any atom is 0.123 e. The maximum absolute atomic E-state index is 13.3. The lowest BCUT2D eigenvalue weighted by Crippen LogP contribution is -2.54. The molecule has 1 atom stereocenters. The molecule has 1 unspecified atom stereocenters. The number of morpholine rings is 1. The number of nitrogens with zero attached hydrogens (tertiary/aromatic N) is 1. The minimum absolute atomic E-state index is 0.118. The van der Waals surface area contributed by atoms with Gasteiger partial charge in [-0.25, -0.2) is 4.39 Å². The van der Waals surface area contributed by atoms with Crippen molar-refractivity contribution in [1.29, 1.82) is 0 Å². The SMILES string of the molecule is CC(C)(CNC1CCc2cc(F)ccc21)N1CCOCC1. The quantitative estimate of drug-likeness (QED) is 0.923. The van der Waals surface area contributed by atoms with Gasteiger partial charge in [0.05, 0.1) is 13.2 Å². The van der Waals surface area contributed by atoms with Gasteiger partial charge in [0.25, 0.3) is 0 Å². The summed E-state index contributed by atoms with van der Waals surface area (Å²) in [5.41, 5.74) is 2.55. The van der Waals surface area contributed by atoms with Gasteiger partial charge in [-0.2, -0.15) is 0 Å². The van der Waals surface area contributed by atoms with E-state index in [2.05, 4.69) is 24.1 Å². The summed E-state index contributed by atoms with van der Waals surface area (Å²) in [4.78, 5) is 2.49. The molecule has 2 aliphatic rings. The van der Waals surface area contributed by atoms with Crippen molar-refractivity contribution >= 4 is 0 Å². The summed E-state index contributed by atoms with van der Waals surface area (Å²) in [6.07, 6.45) is 2.04. The Morgan fingerprint density at radius 1 is 1.33 bits per heavy atom. The standard InChI is InChI=1S/C17H25FN2O/c1-17(2,20-7-9-21-10-8-20)12-19-16-6-3-13-11-14(18)4-5-15(13)16/h4-5,11,16,19H,3,6-10,12H2,1-2H3. The van der Waals surface area contributed by atoms with Gasteiger partial charge in [-0.3, -0.25) is 4.90 Å². The van der Waals surface area contributed by atoms with Crippen LogP contribution >= 0.6 is 0 Å². The molecule has 116 valence electrons. The molecule has 4 heteroatoms. The summed E-state index contributed by atoms with van der Waals surface area (Å²) < 4.78 is 18.7. The first kappa shape index (κ1) is 14.9. The topological polar surface area (TPSA) is 24.5 Å². The molecule has 1 aromatic rings. The van der Waals surface area contributed by atoms with Gasteiger partial charge in [-0.1, -0.05) is 6.07 Å². The Bertz CT molecular complexity index is 498. The summed E-state index contributed by atoms with van der Waals surface area (Å²) in [5.74, 6) is -0.122. The van der Waals surface area contributed by atoms with Gasteiger partial charge < -0.3 is 10.1 Å². The van der Waals surface area contributed by atoms with Gasteiger partial charge in [0.2, 0.25) is 0 Å². The molecule has 0 amide bonds. The Hall–Kier alpha value is -0.970. The molecule has 3 nitrogen and oxygen atoms in total. The van der Waals surface area contributed by atoms with Gasteiger partial charge in [0, 0.05) is 31.2 Å². The molecule has 1 aromatic carbocycles. The predicted molar refractivity (Wildman–Crippen MR) is 81.9 cm³/mol. The number of hydrogen-bond acceptors (Lipinski definition) is 3. The van der Waals surface area contributed by atoms with E-state index in [9.17, 15) is 4.39 Å². The normalized spacial score (nSPS) is 23.3. The third-order valence-corrected chi connectivity index (χ3v) is 4.83. The monoisotopic (exact) mass is 292 g/mol. The largest absolute Gasteiger partial charge is 0.379 e. The van der Waals surface area contributed by atoms with E-state index in [4.69, 9.17) is 4.74 Å². The number of benzene rings is 1. The molecular formula is C17H25FN2O. The van der Waals surface area contributed by atoms with E-state index >= 15 is 0 Å². The lowest BCUT2D eigenvalue weighted by molar-refractivity contribution is -0.0103. The Morgan fingerprint density at radius 3 is 2.86 bits per heavy atom. The van der Waals surface area contributed by atoms with Crippen LogP contribution in [0.3, 0.4) is 0 Å². The fourth-order valence-corrected chi connectivity index (χ4v) is 3.45. The molecule has 0 saturated carbocycles. The first-order valence-corrected chi connectivity index (χ1v) is 7.91. The van der Waals surface area contributed by atoms with Crippen molar-refractivity contribution in [2.75, 3.05) is 32.8 Å². The minimum atomic E-state index is -0.122. The molecule has 21 heavy (non-hydrogen) atoms. The summed E-state index contributed by atoms with van der Waals surface area (Å²) in [5, 5.41) is 3.69. The first-order chi connectivity index (χ1) is 10.1. The van der Waals surface area contributed by atoms with E-state index in [0.29, 0.717) is 6.04 Å². The molecule has 1 aliphatic heterocycles. The van der Waals surface area contributed by atoms with Crippen molar-refractivity contribution < 1.29 is 9.13 Å². The lowest BCUT2D eigenvalue weighted by atomic mass is 10.0. The van der Waals surface area contributed by atoms with Crippen LogP contribution in [0.4, 0.5) is 4.39 Å². The van der Waals surface area contributed by atoms with E-state index in [0.717, 1.165) is 51.3 Å². The van der Waals surface area contributed by atoms with Gasteiger partial charge in [0.1, 0.15) is 5.82 Å². The second kappa shape index (κ2) is 6.03. The van der Waals surface area contributed by atoms with Crippen molar-refractivity contribution in [3.63, 3.8) is 0 Å². The summed E-state index contributed by atoms with van der Waals surface area (Å²) >= 11 is 0. The molecule has 0 spiro atoms. The lowest BCUT2D eigenvalue weighted by Gasteiger charge is -2.41. The number of ether oxygens (including phenoxy) is 1. The second-order valence-electron chi connectivity index (χ2n) is 6.73. The van der Waals surface area contributed by atoms with Crippen LogP contribution in [0.2, 0.25) is 0 Å². The summed E-state index contributed by atoms with van der Waals surface area (Å²) in [7, 11) is 0.